The first-order chi connectivity index (χ1) is 14.5. The van der Waals surface area contributed by atoms with Crippen molar-refractivity contribution in [2.24, 2.45) is 0 Å². The van der Waals surface area contributed by atoms with Crippen molar-refractivity contribution in [3.8, 4) is 11.5 Å². The van der Waals surface area contributed by atoms with Crippen LogP contribution in [0.4, 0.5) is 0 Å². The summed E-state index contributed by atoms with van der Waals surface area (Å²) in [5.41, 5.74) is 1.04. The summed E-state index contributed by atoms with van der Waals surface area (Å²) in [6, 6.07) is 13.8. The summed E-state index contributed by atoms with van der Waals surface area (Å²) in [7, 11) is -4.34. The van der Waals surface area contributed by atoms with Crippen LogP contribution in [0.15, 0.2) is 53.4 Å². The molecule has 2 aromatic rings. The van der Waals surface area contributed by atoms with Crippen LogP contribution in [0.5, 0.6) is 11.5 Å². The van der Waals surface area contributed by atoms with Crippen molar-refractivity contribution >= 4 is 21.7 Å². The van der Waals surface area contributed by atoms with E-state index in [9.17, 15) is 13.0 Å². The number of halogens is 1. The minimum Gasteiger partial charge on any atom is -0.456 e. The van der Waals surface area contributed by atoms with Crippen molar-refractivity contribution in [1.29, 1.82) is 0 Å². The lowest BCUT2D eigenvalue weighted by molar-refractivity contribution is 0.445. The van der Waals surface area contributed by atoms with Gasteiger partial charge in [-0.05, 0) is 43.0 Å². The molecular weight excluding hydrogens is 420 g/mol. The third-order valence-corrected chi connectivity index (χ3v) is 6.31. The van der Waals surface area contributed by atoms with E-state index in [1.165, 1.54) is 57.4 Å². The first kappa shape index (κ1) is 24.7. The van der Waals surface area contributed by atoms with Gasteiger partial charge in [0.25, 0.3) is 10.1 Å². The Morgan fingerprint density at radius 1 is 0.700 bits per heavy atom. The molecule has 0 saturated heterocycles. The Labute approximate surface area is 186 Å². The predicted molar refractivity (Wildman–Crippen MR) is 123 cm³/mol. The molecule has 0 heterocycles. The maximum absolute atomic E-state index is 11.6. The zero-order chi connectivity index (χ0) is 21.7. The van der Waals surface area contributed by atoms with E-state index in [1.807, 2.05) is 24.3 Å². The van der Waals surface area contributed by atoms with E-state index in [4.69, 9.17) is 16.3 Å². The molecule has 6 heteroatoms. The normalized spacial score (nSPS) is 11.5. The van der Waals surface area contributed by atoms with Gasteiger partial charge in [-0.3, -0.25) is 4.55 Å². The molecule has 2 aromatic carbocycles. The molecule has 30 heavy (non-hydrogen) atoms. The van der Waals surface area contributed by atoms with Crippen molar-refractivity contribution in [2.75, 3.05) is 5.88 Å². The first-order valence-corrected chi connectivity index (χ1v) is 12.9. The lowest BCUT2D eigenvalue weighted by Crippen LogP contribution is -2.01. The van der Waals surface area contributed by atoms with Gasteiger partial charge in [0.05, 0.1) is 0 Å². The van der Waals surface area contributed by atoms with Crippen molar-refractivity contribution in [2.45, 2.75) is 75.5 Å². The topological polar surface area (TPSA) is 63.6 Å². The predicted octanol–water partition coefficient (Wildman–Crippen LogP) is 7.41. The van der Waals surface area contributed by atoms with Gasteiger partial charge in [-0.2, -0.15) is 8.42 Å². The average molecular weight is 453 g/mol. The Kier molecular flexibility index (Phi) is 11.3. The molecule has 0 bridgehead atoms. The van der Waals surface area contributed by atoms with Crippen LogP contribution < -0.4 is 4.74 Å². The second-order valence-corrected chi connectivity index (χ2v) is 9.37. The van der Waals surface area contributed by atoms with E-state index in [1.54, 1.807) is 18.2 Å². The lowest BCUT2D eigenvalue weighted by atomic mass is 10.0. The molecule has 0 aliphatic heterocycles. The lowest BCUT2D eigenvalue weighted by Gasteiger charge is -2.13. The van der Waals surface area contributed by atoms with Crippen LogP contribution in [0.3, 0.4) is 0 Å². The third kappa shape index (κ3) is 9.07. The molecular formula is C24H33ClO4S. The number of benzene rings is 2. The number of hydrogen-bond acceptors (Lipinski definition) is 3. The summed E-state index contributed by atoms with van der Waals surface area (Å²) >= 11 is 5.69. The van der Waals surface area contributed by atoms with Crippen molar-refractivity contribution in [1.82, 2.24) is 0 Å². The van der Waals surface area contributed by atoms with Gasteiger partial charge in [0.15, 0.2) is 0 Å². The molecule has 166 valence electrons. The average Bonchev–Trinajstić information content (AvgIpc) is 2.73. The number of hydrogen-bond donors (Lipinski definition) is 1. The summed E-state index contributed by atoms with van der Waals surface area (Å²) in [5, 5.41) is 0. The van der Waals surface area contributed by atoms with Gasteiger partial charge in [0.2, 0.25) is 0 Å². The largest absolute Gasteiger partial charge is 0.456 e. The summed E-state index contributed by atoms with van der Waals surface area (Å²) in [6.07, 6.45) is 13.2. The third-order valence-electron chi connectivity index (χ3n) is 5.15. The Morgan fingerprint density at radius 2 is 1.20 bits per heavy atom. The van der Waals surface area contributed by atoms with E-state index >= 15 is 0 Å². The molecule has 0 atom stereocenters. The second-order valence-electron chi connectivity index (χ2n) is 7.61. The quantitative estimate of drug-likeness (QED) is 0.173. The number of alkyl halides is 1. The van der Waals surface area contributed by atoms with Crippen LogP contribution >= 0.6 is 11.6 Å². The van der Waals surface area contributed by atoms with Gasteiger partial charge in [-0.25, -0.2) is 0 Å². The van der Waals surface area contributed by atoms with Gasteiger partial charge in [-0.1, -0.05) is 81.7 Å². The fraction of sp³-hybridized carbons (Fsp3) is 0.500. The van der Waals surface area contributed by atoms with Crippen molar-refractivity contribution in [3.63, 3.8) is 0 Å². The fourth-order valence-electron chi connectivity index (χ4n) is 3.50. The summed E-state index contributed by atoms with van der Waals surface area (Å²) < 4.78 is 38.5. The molecule has 0 amide bonds. The molecule has 0 unspecified atom stereocenters. The number of ether oxygens (including phenoxy) is 1. The summed E-state index contributed by atoms with van der Waals surface area (Å²) in [6.45, 7) is 0. The zero-order valence-corrected chi connectivity index (χ0v) is 19.1. The molecule has 0 radical (unpaired) electrons. The monoisotopic (exact) mass is 452 g/mol. The van der Waals surface area contributed by atoms with E-state index in [0.29, 0.717) is 5.75 Å². The maximum Gasteiger partial charge on any atom is 0.298 e. The Hall–Kier alpha value is -1.56. The van der Waals surface area contributed by atoms with Gasteiger partial charge in [-0.15, -0.1) is 11.6 Å². The molecule has 0 saturated carbocycles. The van der Waals surface area contributed by atoms with Crippen LogP contribution in [0.1, 0.15) is 69.8 Å². The van der Waals surface area contributed by atoms with E-state index in [-0.39, 0.29) is 10.6 Å². The van der Waals surface area contributed by atoms with Gasteiger partial charge in [0.1, 0.15) is 16.4 Å². The molecule has 0 spiro atoms. The Morgan fingerprint density at radius 3 is 1.80 bits per heavy atom. The van der Waals surface area contributed by atoms with Crippen molar-refractivity contribution < 1.29 is 17.7 Å². The molecule has 0 fully saturated rings. The van der Waals surface area contributed by atoms with Crippen LogP contribution in [0.2, 0.25) is 0 Å². The van der Waals surface area contributed by atoms with Crippen LogP contribution in [-0.4, -0.2) is 18.9 Å². The SMILES string of the molecule is O=S(=O)(O)c1ccccc1Oc1ccccc1CCCCCCCCCCCCCl. The van der Waals surface area contributed by atoms with Crippen LogP contribution in [-0.2, 0) is 16.5 Å². The highest BCUT2D eigenvalue weighted by atomic mass is 35.5. The number of aryl methyl sites for hydroxylation is 1. The Balaban J connectivity index is 1.76. The first-order valence-electron chi connectivity index (χ1n) is 10.9. The maximum atomic E-state index is 11.6. The zero-order valence-electron chi connectivity index (χ0n) is 17.6. The highest BCUT2D eigenvalue weighted by molar-refractivity contribution is 7.86. The minimum absolute atomic E-state index is 0.137. The van der Waals surface area contributed by atoms with Gasteiger partial charge in [0, 0.05) is 5.88 Å². The number of para-hydroxylation sites is 2. The highest BCUT2D eigenvalue weighted by Crippen LogP contribution is 2.31. The van der Waals surface area contributed by atoms with E-state index in [2.05, 4.69) is 0 Å². The second kappa shape index (κ2) is 13.7. The standard InChI is InChI=1S/C24H33ClO4S/c25-20-14-8-6-4-2-1-3-5-7-9-15-21-16-10-11-17-22(21)29-23-18-12-13-19-24(23)30(26,27)28/h10-13,16-19H,1-9,14-15,20H2,(H,26,27,28). The van der Waals surface area contributed by atoms with Crippen molar-refractivity contribution in [3.05, 3.63) is 54.1 Å². The molecule has 2 rings (SSSR count). The summed E-state index contributed by atoms with van der Waals surface area (Å²) in [5.74, 6) is 1.55. The molecule has 0 aliphatic carbocycles. The minimum atomic E-state index is -4.34. The van der Waals surface area contributed by atoms with E-state index < -0.39 is 10.1 Å². The van der Waals surface area contributed by atoms with Crippen LogP contribution in [0.25, 0.3) is 0 Å². The molecule has 1 N–H and O–H groups in total. The number of rotatable bonds is 15. The summed E-state index contributed by atoms with van der Waals surface area (Å²) in [4.78, 5) is -0.220. The van der Waals surface area contributed by atoms with E-state index in [0.717, 1.165) is 30.7 Å². The molecule has 0 aromatic heterocycles. The Bertz CT molecular complexity index is 852. The molecule has 4 nitrogen and oxygen atoms in total. The van der Waals surface area contributed by atoms with Crippen LogP contribution in [0, 0.1) is 0 Å². The highest BCUT2D eigenvalue weighted by Gasteiger charge is 2.17. The number of unbranched alkanes of at least 4 members (excludes halogenated alkanes) is 9. The molecule has 0 aliphatic rings. The van der Waals surface area contributed by atoms with Gasteiger partial charge < -0.3 is 4.74 Å². The fourth-order valence-corrected chi connectivity index (χ4v) is 4.30. The smallest absolute Gasteiger partial charge is 0.298 e. The van der Waals surface area contributed by atoms with Gasteiger partial charge >= 0.3 is 0 Å².